The van der Waals surface area contributed by atoms with Crippen LogP contribution in [0.15, 0.2) is 42.5 Å². The molecule has 8 heteroatoms. The molecule has 0 heterocycles. The van der Waals surface area contributed by atoms with Crippen molar-refractivity contribution in [3.63, 3.8) is 0 Å². The van der Waals surface area contributed by atoms with E-state index < -0.39 is 0 Å². The lowest BCUT2D eigenvalue weighted by Crippen LogP contribution is -2.38. The van der Waals surface area contributed by atoms with Crippen LogP contribution in [-0.4, -0.2) is 51.1 Å². The van der Waals surface area contributed by atoms with Gasteiger partial charge in [0.2, 0.25) is 11.8 Å². The molecular formula is C20H24FN3O4. The van der Waals surface area contributed by atoms with Gasteiger partial charge in [-0.15, -0.1) is 0 Å². The summed E-state index contributed by atoms with van der Waals surface area (Å²) in [5.74, 6) is 0.322. The van der Waals surface area contributed by atoms with Crippen molar-refractivity contribution >= 4 is 17.5 Å². The third kappa shape index (κ3) is 6.55. The molecule has 2 rings (SSSR count). The Morgan fingerprint density at radius 3 is 2.25 bits per heavy atom. The first-order chi connectivity index (χ1) is 13.4. The van der Waals surface area contributed by atoms with Crippen molar-refractivity contribution in [2.45, 2.75) is 6.54 Å². The van der Waals surface area contributed by atoms with Crippen LogP contribution in [0.4, 0.5) is 10.1 Å². The number of benzene rings is 2. The molecule has 0 unspecified atom stereocenters. The molecule has 0 aliphatic heterocycles. The molecule has 0 radical (unpaired) electrons. The van der Waals surface area contributed by atoms with Crippen LogP contribution in [0.25, 0.3) is 0 Å². The highest BCUT2D eigenvalue weighted by molar-refractivity contribution is 5.92. The summed E-state index contributed by atoms with van der Waals surface area (Å²) in [5, 5.41) is 5.45. The largest absolute Gasteiger partial charge is 0.493 e. The Balaban J connectivity index is 1.77. The molecular weight excluding hydrogens is 365 g/mol. The smallest absolute Gasteiger partial charge is 0.238 e. The van der Waals surface area contributed by atoms with Gasteiger partial charge in [0.05, 0.1) is 27.3 Å². The first kappa shape index (κ1) is 21.2. The number of hydrogen-bond acceptors (Lipinski definition) is 5. The lowest BCUT2D eigenvalue weighted by Gasteiger charge is -2.16. The fourth-order valence-corrected chi connectivity index (χ4v) is 2.53. The van der Waals surface area contributed by atoms with Crippen LogP contribution in [-0.2, 0) is 16.1 Å². The number of anilines is 1. The molecule has 0 bridgehead atoms. The third-order valence-corrected chi connectivity index (χ3v) is 3.89. The second kappa shape index (κ2) is 10.3. The van der Waals surface area contributed by atoms with Gasteiger partial charge >= 0.3 is 0 Å². The maximum Gasteiger partial charge on any atom is 0.238 e. The summed E-state index contributed by atoms with van der Waals surface area (Å²) in [5.41, 5.74) is 1.36. The summed E-state index contributed by atoms with van der Waals surface area (Å²) in [4.78, 5) is 25.7. The molecule has 7 nitrogen and oxygen atoms in total. The predicted octanol–water partition coefficient (Wildman–Crippen LogP) is 2.03. The predicted molar refractivity (Wildman–Crippen MR) is 104 cm³/mol. The zero-order valence-corrected chi connectivity index (χ0v) is 16.1. The van der Waals surface area contributed by atoms with Gasteiger partial charge in [0.25, 0.3) is 0 Å². The molecule has 0 aliphatic rings. The number of methoxy groups -OCH3 is 2. The van der Waals surface area contributed by atoms with E-state index in [1.807, 2.05) is 6.07 Å². The normalized spacial score (nSPS) is 10.5. The number of carbonyl (C=O) groups is 2. The number of carbonyl (C=O) groups excluding carboxylic acids is 2. The van der Waals surface area contributed by atoms with Crippen LogP contribution < -0.4 is 20.1 Å². The van der Waals surface area contributed by atoms with Gasteiger partial charge in [-0.25, -0.2) is 4.39 Å². The minimum Gasteiger partial charge on any atom is -0.493 e. The average Bonchev–Trinajstić information content (AvgIpc) is 2.67. The Morgan fingerprint density at radius 1 is 0.964 bits per heavy atom. The van der Waals surface area contributed by atoms with Gasteiger partial charge in [-0.1, -0.05) is 6.07 Å². The van der Waals surface area contributed by atoms with Gasteiger partial charge in [-0.2, -0.15) is 0 Å². The van der Waals surface area contributed by atoms with E-state index in [9.17, 15) is 14.0 Å². The molecule has 28 heavy (non-hydrogen) atoms. The first-order valence-corrected chi connectivity index (χ1v) is 8.63. The number of nitrogens with zero attached hydrogens (tertiary/aromatic N) is 1. The van der Waals surface area contributed by atoms with Crippen molar-refractivity contribution in [3.8, 4) is 11.5 Å². The van der Waals surface area contributed by atoms with Crippen LogP contribution >= 0.6 is 0 Å². The zero-order valence-electron chi connectivity index (χ0n) is 16.1. The average molecular weight is 389 g/mol. The van der Waals surface area contributed by atoms with Crippen LogP contribution in [0.2, 0.25) is 0 Å². The van der Waals surface area contributed by atoms with E-state index in [2.05, 4.69) is 10.6 Å². The molecule has 0 fully saturated rings. The SMILES string of the molecule is COc1ccc(CNC(=O)CN(C)CC(=O)Nc2ccc(F)cc2)cc1OC. The second-order valence-corrected chi connectivity index (χ2v) is 6.19. The highest BCUT2D eigenvalue weighted by Crippen LogP contribution is 2.27. The molecule has 0 spiro atoms. The molecule has 0 aliphatic carbocycles. The molecule has 150 valence electrons. The number of nitrogens with one attached hydrogen (secondary N) is 2. The summed E-state index contributed by atoms with van der Waals surface area (Å²) >= 11 is 0. The Hall–Kier alpha value is -3.13. The van der Waals surface area contributed by atoms with Gasteiger partial charge in [0.15, 0.2) is 11.5 Å². The van der Waals surface area contributed by atoms with Crippen molar-refractivity contribution in [3.05, 3.63) is 53.8 Å². The quantitative estimate of drug-likeness (QED) is 0.686. The molecule has 2 aromatic carbocycles. The lowest BCUT2D eigenvalue weighted by atomic mass is 10.2. The molecule has 0 saturated carbocycles. The maximum absolute atomic E-state index is 12.9. The Morgan fingerprint density at radius 2 is 1.61 bits per heavy atom. The second-order valence-electron chi connectivity index (χ2n) is 6.19. The van der Waals surface area contributed by atoms with E-state index in [1.54, 1.807) is 38.3 Å². The Kier molecular flexibility index (Phi) is 7.76. The first-order valence-electron chi connectivity index (χ1n) is 8.63. The van der Waals surface area contributed by atoms with Crippen LogP contribution in [0.3, 0.4) is 0 Å². The summed E-state index contributed by atoms with van der Waals surface area (Å²) in [6, 6.07) is 10.9. The van der Waals surface area contributed by atoms with E-state index >= 15 is 0 Å². The van der Waals surface area contributed by atoms with Crippen LogP contribution in [0.1, 0.15) is 5.56 Å². The minimum atomic E-state index is -0.374. The Bertz CT molecular complexity index is 812. The van der Waals surface area contributed by atoms with Crippen molar-refractivity contribution < 1.29 is 23.5 Å². The van der Waals surface area contributed by atoms with Crippen molar-refractivity contribution in [1.29, 1.82) is 0 Å². The van der Waals surface area contributed by atoms with E-state index in [0.717, 1.165) is 5.56 Å². The van der Waals surface area contributed by atoms with E-state index in [1.165, 1.54) is 24.3 Å². The van der Waals surface area contributed by atoms with Crippen LogP contribution in [0, 0.1) is 5.82 Å². The van der Waals surface area contributed by atoms with Crippen molar-refractivity contribution in [2.75, 3.05) is 39.7 Å². The van der Waals surface area contributed by atoms with Gasteiger partial charge in [0.1, 0.15) is 5.82 Å². The molecule has 2 amide bonds. The number of amides is 2. The summed E-state index contributed by atoms with van der Waals surface area (Å²) in [6.07, 6.45) is 0. The lowest BCUT2D eigenvalue weighted by molar-refractivity contribution is -0.123. The van der Waals surface area contributed by atoms with Gasteiger partial charge in [-0.05, 0) is 49.0 Å². The number of ether oxygens (including phenoxy) is 2. The highest BCUT2D eigenvalue weighted by atomic mass is 19.1. The summed E-state index contributed by atoms with van der Waals surface area (Å²) in [7, 11) is 4.77. The third-order valence-electron chi connectivity index (χ3n) is 3.89. The topological polar surface area (TPSA) is 79.9 Å². The maximum atomic E-state index is 12.9. The molecule has 0 atom stereocenters. The number of hydrogen-bond donors (Lipinski definition) is 2. The number of halogens is 1. The fourth-order valence-electron chi connectivity index (χ4n) is 2.53. The summed E-state index contributed by atoms with van der Waals surface area (Å²) in [6.45, 7) is 0.417. The molecule has 2 aromatic rings. The van der Waals surface area contributed by atoms with Crippen LogP contribution in [0.5, 0.6) is 11.5 Å². The Labute approximate surface area is 163 Å². The van der Waals surface area contributed by atoms with Crippen molar-refractivity contribution in [1.82, 2.24) is 10.2 Å². The molecule has 0 saturated heterocycles. The molecule has 0 aromatic heterocycles. The molecule has 2 N–H and O–H groups in total. The number of likely N-dealkylation sites (N-methyl/N-ethyl adjacent to an activating group) is 1. The van der Waals surface area contributed by atoms with E-state index in [-0.39, 0.29) is 30.7 Å². The monoisotopic (exact) mass is 389 g/mol. The van der Waals surface area contributed by atoms with Gasteiger partial charge in [-0.3, -0.25) is 14.5 Å². The van der Waals surface area contributed by atoms with E-state index in [4.69, 9.17) is 9.47 Å². The van der Waals surface area contributed by atoms with Crippen molar-refractivity contribution in [2.24, 2.45) is 0 Å². The van der Waals surface area contributed by atoms with Gasteiger partial charge in [0, 0.05) is 12.2 Å². The number of rotatable bonds is 9. The van der Waals surface area contributed by atoms with Gasteiger partial charge < -0.3 is 20.1 Å². The zero-order chi connectivity index (χ0) is 20.5. The standard InChI is InChI=1S/C20H24FN3O4/c1-24(13-20(26)23-16-7-5-15(21)6-8-16)12-19(25)22-11-14-4-9-17(27-2)18(10-14)28-3/h4-10H,11-13H2,1-3H3,(H,22,25)(H,23,26). The highest BCUT2D eigenvalue weighted by Gasteiger charge is 2.12. The summed E-state index contributed by atoms with van der Waals surface area (Å²) < 4.78 is 23.3. The van der Waals surface area contributed by atoms with E-state index in [0.29, 0.717) is 23.7 Å². The minimum absolute atomic E-state index is 0.0289. The fraction of sp³-hybridized carbons (Fsp3) is 0.300.